The Labute approximate surface area is 359 Å². The van der Waals surface area contributed by atoms with Crippen molar-refractivity contribution in [3.05, 3.63) is 118 Å². The molecule has 3 amide bonds. The molecule has 13 heteroatoms. The molecule has 4 N–H and O–H groups in total. The molecule has 6 rings (SSSR count). The normalized spacial score (nSPS) is 14.2. The SMILES string of the molecule is CC(CC(=O)N1CCC(O)(Cn2cnc3c(-c4ccc(CNCC(=O)NCCCCCCCCCCNC(=O)c5ccccc5)cc4)n(C)nc3c2=O)CC1)c1ccccc1. The zero-order valence-corrected chi connectivity index (χ0v) is 35.8. The highest BCUT2D eigenvalue weighted by Crippen LogP contribution is 2.28. The molecule has 0 spiro atoms. The molecule has 1 atom stereocenters. The Hall–Kier alpha value is -5.66. The number of nitrogens with zero attached hydrogens (tertiary/aromatic N) is 5. The summed E-state index contributed by atoms with van der Waals surface area (Å²) in [5.74, 6) is 0.146. The quantitative estimate of drug-likeness (QED) is 0.0609. The number of aliphatic hydroxyl groups is 1. The van der Waals surface area contributed by atoms with Crippen LogP contribution in [-0.2, 0) is 29.7 Å². The fourth-order valence-corrected chi connectivity index (χ4v) is 8.06. The first-order valence-electron chi connectivity index (χ1n) is 22.0. The van der Waals surface area contributed by atoms with Gasteiger partial charge >= 0.3 is 0 Å². The number of likely N-dealkylation sites (tertiary alicyclic amines) is 1. The minimum absolute atomic E-state index is 0.0104. The molecule has 0 aliphatic carbocycles. The number of hydrogen-bond acceptors (Lipinski definition) is 8. The minimum Gasteiger partial charge on any atom is -0.388 e. The van der Waals surface area contributed by atoms with Gasteiger partial charge in [-0.2, -0.15) is 5.10 Å². The first-order valence-corrected chi connectivity index (χ1v) is 22.0. The van der Waals surface area contributed by atoms with Crippen LogP contribution in [0.15, 0.2) is 96.1 Å². The van der Waals surface area contributed by atoms with Crippen LogP contribution in [0.1, 0.15) is 105 Å². The molecule has 13 nitrogen and oxygen atoms in total. The van der Waals surface area contributed by atoms with E-state index in [0.717, 1.165) is 54.5 Å². The van der Waals surface area contributed by atoms with Crippen molar-refractivity contribution >= 4 is 28.8 Å². The second kappa shape index (κ2) is 22.3. The summed E-state index contributed by atoms with van der Waals surface area (Å²) >= 11 is 0. The summed E-state index contributed by atoms with van der Waals surface area (Å²) in [5, 5.41) is 25.2. The minimum atomic E-state index is -1.14. The predicted molar refractivity (Wildman–Crippen MR) is 239 cm³/mol. The number of amides is 3. The van der Waals surface area contributed by atoms with E-state index in [0.29, 0.717) is 63.1 Å². The molecule has 1 aliphatic heterocycles. The summed E-state index contributed by atoms with van der Waals surface area (Å²) in [5.41, 5.74) is 3.69. The molecule has 1 fully saturated rings. The number of hydrogen-bond donors (Lipinski definition) is 4. The van der Waals surface area contributed by atoms with Crippen molar-refractivity contribution in [3.8, 4) is 11.3 Å². The largest absolute Gasteiger partial charge is 0.388 e. The highest BCUT2D eigenvalue weighted by Gasteiger charge is 2.35. The lowest BCUT2D eigenvalue weighted by molar-refractivity contribution is -0.136. The summed E-state index contributed by atoms with van der Waals surface area (Å²) < 4.78 is 3.10. The molecular weight excluding hydrogens is 769 g/mol. The van der Waals surface area contributed by atoms with Crippen molar-refractivity contribution in [2.75, 3.05) is 32.7 Å². The zero-order valence-electron chi connectivity index (χ0n) is 35.8. The maximum atomic E-state index is 13.6. The van der Waals surface area contributed by atoms with E-state index in [1.807, 2.05) is 89.8 Å². The van der Waals surface area contributed by atoms with E-state index in [4.69, 9.17) is 0 Å². The summed E-state index contributed by atoms with van der Waals surface area (Å²) in [6, 6.07) is 27.2. The fourth-order valence-electron chi connectivity index (χ4n) is 8.06. The third kappa shape index (κ3) is 12.9. The Bertz CT molecular complexity index is 2230. The van der Waals surface area contributed by atoms with E-state index in [-0.39, 0.29) is 47.8 Å². The monoisotopic (exact) mass is 830 g/mol. The van der Waals surface area contributed by atoms with Gasteiger partial charge in [0.1, 0.15) is 5.52 Å². The molecule has 1 saturated heterocycles. The molecule has 2 aromatic heterocycles. The number of benzene rings is 3. The van der Waals surface area contributed by atoms with E-state index in [1.165, 1.54) is 30.2 Å². The van der Waals surface area contributed by atoms with Gasteiger partial charge in [0, 0.05) is 57.3 Å². The smallest absolute Gasteiger partial charge is 0.281 e. The Morgan fingerprint density at radius 1 is 0.787 bits per heavy atom. The molecular formula is C48H62N8O5. The Morgan fingerprint density at radius 2 is 1.39 bits per heavy atom. The van der Waals surface area contributed by atoms with Crippen LogP contribution in [0.4, 0.5) is 0 Å². The lowest BCUT2D eigenvalue weighted by Crippen LogP contribution is -2.49. The Morgan fingerprint density at radius 3 is 2.05 bits per heavy atom. The molecule has 61 heavy (non-hydrogen) atoms. The van der Waals surface area contributed by atoms with Gasteiger partial charge in [0.25, 0.3) is 11.5 Å². The number of carbonyl (C=O) groups excluding carboxylic acids is 3. The van der Waals surface area contributed by atoms with Gasteiger partial charge in [-0.05, 0) is 54.9 Å². The number of fused-ring (bicyclic) bond motifs is 1. The number of nitrogens with one attached hydrogen (secondary N) is 3. The van der Waals surface area contributed by atoms with Gasteiger partial charge in [-0.3, -0.25) is 28.4 Å². The summed E-state index contributed by atoms with van der Waals surface area (Å²) in [6.07, 6.45) is 11.5. The van der Waals surface area contributed by atoms with E-state index >= 15 is 0 Å². The highest BCUT2D eigenvalue weighted by molar-refractivity contribution is 5.94. The van der Waals surface area contributed by atoms with Crippen LogP contribution < -0.4 is 21.5 Å². The first kappa shape index (κ1) is 44.9. The van der Waals surface area contributed by atoms with E-state index in [1.54, 1.807) is 11.7 Å². The summed E-state index contributed by atoms with van der Waals surface area (Å²) in [6.45, 7) is 5.13. The van der Waals surface area contributed by atoms with Crippen molar-refractivity contribution in [1.82, 2.24) is 40.2 Å². The number of aromatic nitrogens is 4. The van der Waals surface area contributed by atoms with E-state index < -0.39 is 5.60 Å². The average Bonchev–Trinajstić information content (AvgIpc) is 3.62. The average molecular weight is 831 g/mol. The Kier molecular flexibility index (Phi) is 16.4. The number of carbonyl (C=O) groups is 3. The lowest BCUT2D eigenvalue weighted by Gasteiger charge is -2.38. The molecule has 0 radical (unpaired) electrons. The Balaban J connectivity index is 0.859. The molecule has 3 aromatic carbocycles. The zero-order chi connectivity index (χ0) is 43.0. The van der Waals surface area contributed by atoms with Crippen molar-refractivity contribution < 1.29 is 19.5 Å². The van der Waals surface area contributed by atoms with Gasteiger partial charge in [0.15, 0.2) is 5.52 Å². The van der Waals surface area contributed by atoms with Crippen molar-refractivity contribution in [1.29, 1.82) is 0 Å². The van der Waals surface area contributed by atoms with Crippen LogP contribution in [0.5, 0.6) is 0 Å². The van der Waals surface area contributed by atoms with Crippen LogP contribution >= 0.6 is 0 Å². The van der Waals surface area contributed by atoms with Crippen molar-refractivity contribution in [2.24, 2.45) is 7.05 Å². The molecule has 0 saturated carbocycles. The first-order chi connectivity index (χ1) is 29.6. The lowest BCUT2D eigenvalue weighted by atomic mass is 9.90. The van der Waals surface area contributed by atoms with Crippen LogP contribution in [0, 0.1) is 0 Å². The molecule has 1 unspecified atom stereocenters. The molecule has 1 aliphatic rings. The van der Waals surface area contributed by atoms with Crippen LogP contribution in [0.2, 0.25) is 0 Å². The number of aryl methyl sites for hydroxylation is 1. The van der Waals surface area contributed by atoms with E-state index in [9.17, 15) is 24.3 Å². The van der Waals surface area contributed by atoms with Crippen molar-refractivity contribution in [2.45, 2.75) is 102 Å². The molecule has 0 bridgehead atoms. The highest BCUT2D eigenvalue weighted by atomic mass is 16.3. The van der Waals surface area contributed by atoms with Gasteiger partial charge in [-0.25, -0.2) is 4.98 Å². The molecule has 324 valence electrons. The van der Waals surface area contributed by atoms with Crippen LogP contribution in [0.3, 0.4) is 0 Å². The standard InChI is InChI=1S/C48H62N8O5/c1-36(38-17-11-9-12-18-38)31-42(58)55-29-25-48(61,26-30-55)34-56-35-52-43-44(47(56)60)53-54(2)45(43)39-23-21-37(22-24-39)32-49-33-41(57)50-27-15-7-5-3-4-6-8-16-28-51-46(59)40-19-13-10-14-20-40/h9-14,17-24,35-36,49,61H,3-8,15-16,25-34H2,1-2H3,(H,50,57)(H,51,59). The van der Waals surface area contributed by atoms with Gasteiger partial charge in [-0.1, -0.05) is 118 Å². The van der Waals surface area contributed by atoms with Gasteiger partial charge < -0.3 is 26.0 Å². The number of piperidine rings is 1. The molecule has 3 heterocycles. The summed E-state index contributed by atoms with van der Waals surface area (Å²) in [4.78, 5) is 57.6. The van der Waals surface area contributed by atoms with E-state index in [2.05, 4.69) is 33.0 Å². The third-order valence-electron chi connectivity index (χ3n) is 11.8. The van der Waals surface area contributed by atoms with Crippen LogP contribution in [-0.4, -0.2) is 85.4 Å². The molecule has 5 aromatic rings. The predicted octanol–water partition coefficient (Wildman–Crippen LogP) is 6.10. The number of unbranched alkanes of at least 4 members (excludes halogenated alkanes) is 7. The van der Waals surface area contributed by atoms with Gasteiger partial charge in [-0.15, -0.1) is 0 Å². The number of rotatable bonds is 22. The van der Waals surface area contributed by atoms with Gasteiger partial charge in [0.05, 0.1) is 30.7 Å². The van der Waals surface area contributed by atoms with Crippen LogP contribution in [0.25, 0.3) is 22.3 Å². The fraction of sp³-hybridized carbons (Fsp3) is 0.458. The van der Waals surface area contributed by atoms with Gasteiger partial charge in [0.2, 0.25) is 11.8 Å². The maximum absolute atomic E-state index is 13.6. The maximum Gasteiger partial charge on any atom is 0.281 e. The van der Waals surface area contributed by atoms with Crippen molar-refractivity contribution in [3.63, 3.8) is 0 Å². The second-order valence-electron chi connectivity index (χ2n) is 16.6. The summed E-state index contributed by atoms with van der Waals surface area (Å²) in [7, 11) is 1.79. The third-order valence-corrected chi connectivity index (χ3v) is 11.8. The topological polar surface area (TPSA) is 163 Å². The second-order valence-corrected chi connectivity index (χ2v) is 16.6.